The normalized spacial score (nSPS) is 11.2. The molecule has 3 rings (SSSR count). The lowest BCUT2D eigenvalue weighted by Gasteiger charge is -1.98. The first-order valence-corrected chi connectivity index (χ1v) is 5.46. The lowest BCUT2D eigenvalue weighted by atomic mass is 10.1. The number of aryl methyl sites for hydroxylation is 2. The first-order chi connectivity index (χ1) is 8.58. The van der Waals surface area contributed by atoms with E-state index < -0.39 is 0 Å². The Morgan fingerprint density at radius 2 is 1.89 bits per heavy atom. The number of nitrogens with two attached hydrogens (primary N) is 1. The van der Waals surface area contributed by atoms with E-state index in [0.717, 1.165) is 16.6 Å². The van der Waals surface area contributed by atoms with E-state index in [4.69, 9.17) is 10.3 Å². The van der Waals surface area contributed by atoms with Crippen LogP contribution in [0.25, 0.3) is 22.4 Å². The third-order valence-electron chi connectivity index (χ3n) is 3.08. The molecule has 6 heteroatoms. The van der Waals surface area contributed by atoms with Gasteiger partial charge in [-0.25, -0.2) is 4.79 Å². The average molecular weight is 244 g/mol. The molecular formula is C12H12N4O2. The molecule has 2 heterocycles. The van der Waals surface area contributed by atoms with Gasteiger partial charge in [0.25, 0.3) is 0 Å². The molecule has 0 aliphatic carbocycles. The molecule has 0 spiro atoms. The summed E-state index contributed by atoms with van der Waals surface area (Å²) in [5, 5.41) is 3.65. The Morgan fingerprint density at radius 3 is 2.56 bits per heavy atom. The Labute approximate surface area is 102 Å². The van der Waals surface area contributed by atoms with Crippen molar-refractivity contribution in [2.45, 2.75) is 0 Å². The van der Waals surface area contributed by atoms with E-state index >= 15 is 0 Å². The molecule has 0 bridgehead atoms. The average Bonchev–Trinajstić information content (AvgIpc) is 2.89. The lowest BCUT2D eigenvalue weighted by Crippen LogP contribution is -2.19. The first kappa shape index (κ1) is 10.6. The van der Waals surface area contributed by atoms with Crippen LogP contribution in [0.2, 0.25) is 0 Å². The number of anilines is 1. The standard InChI is InChI=1S/C12H12N4O2/c1-15-8-4-3-7(10-6-11(13)14-18-10)5-9(8)16(2)12(15)17/h3-6H,1-2H3,(H2,13,14). The summed E-state index contributed by atoms with van der Waals surface area (Å²) < 4.78 is 8.31. The van der Waals surface area contributed by atoms with Crippen molar-refractivity contribution in [3.8, 4) is 11.3 Å². The number of fused-ring (bicyclic) bond motifs is 1. The number of nitrogen functional groups attached to an aromatic ring is 1. The highest BCUT2D eigenvalue weighted by atomic mass is 16.5. The van der Waals surface area contributed by atoms with Crippen molar-refractivity contribution in [2.24, 2.45) is 14.1 Å². The van der Waals surface area contributed by atoms with Gasteiger partial charge in [-0.15, -0.1) is 0 Å². The minimum absolute atomic E-state index is 0.0563. The van der Waals surface area contributed by atoms with Gasteiger partial charge in [-0.3, -0.25) is 9.13 Å². The maximum Gasteiger partial charge on any atom is 0.328 e. The molecule has 6 nitrogen and oxygen atoms in total. The molecule has 0 saturated heterocycles. The van der Waals surface area contributed by atoms with E-state index in [1.807, 2.05) is 18.2 Å². The third kappa shape index (κ3) is 1.35. The van der Waals surface area contributed by atoms with E-state index in [9.17, 15) is 4.79 Å². The zero-order valence-corrected chi connectivity index (χ0v) is 10.0. The molecule has 2 N–H and O–H groups in total. The molecular weight excluding hydrogens is 232 g/mol. The molecule has 0 aliphatic heterocycles. The van der Waals surface area contributed by atoms with Crippen molar-refractivity contribution in [2.75, 3.05) is 5.73 Å². The summed E-state index contributed by atoms with van der Waals surface area (Å²) >= 11 is 0. The summed E-state index contributed by atoms with van der Waals surface area (Å²) in [6, 6.07) is 7.30. The fraction of sp³-hybridized carbons (Fsp3) is 0.167. The van der Waals surface area contributed by atoms with E-state index in [1.165, 1.54) is 0 Å². The van der Waals surface area contributed by atoms with Crippen molar-refractivity contribution in [1.29, 1.82) is 0 Å². The molecule has 0 amide bonds. The van der Waals surface area contributed by atoms with Gasteiger partial charge in [0.05, 0.1) is 11.0 Å². The molecule has 0 unspecified atom stereocenters. The number of benzene rings is 1. The highest BCUT2D eigenvalue weighted by molar-refractivity contribution is 5.81. The second kappa shape index (κ2) is 3.49. The van der Waals surface area contributed by atoms with E-state index in [0.29, 0.717) is 11.6 Å². The van der Waals surface area contributed by atoms with Gasteiger partial charge in [-0.1, -0.05) is 5.16 Å². The molecule has 0 fully saturated rings. The Kier molecular flexibility index (Phi) is 2.07. The maximum absolute atomic E-state index is 11.8. The van der Waals surface area contributed by atoms with Crippen molar-refractivity contribution < 1.29 is 4.52 Å². The molecule has 92 valence electrons. The van der Waals surface area contributed by atoms with Gasteiger partial charge in [-0.2, -0.15) is 0 Å². The van der Waals surface area contributed by atoms with E-state index in [-0.39, 0.29) is 5.69 Å². The van der Waals surface area contributed by atoms with Gasteiger partial charge in [0.2, 0.25) is 0 Å². The van der Waals surface area contributed by atoms with E-state index in [1.54, 1.807) is 29.3 Å². The molecule has 2 aromatic heterocycles. The van der Waals surface area contributed by atoms with Gasteiger partial charge in [0.1, 0.15) is 0 Å². The predicted octanol–water partition coefficient (Wildman–Crippen LogP) is 1.11. The number of aromatic nitrogens is 3. The Bertz CT molecular complexity index is 794. The van der Waals surface area contributed by atoms with Crippen molar-refractivity contribution in [3.63, 3.8) is 0 Å². The Hall–Kier alpha value is -2.50. The summed E-state index contributed by atoms with van der Waals surface area (Å²) in [4.78, 5) is 11.8. The quantitative estimate of drug-likeness (QED) is 0.695. The fourth-order valence-electron chi connectivity index (χ4n) is 2.09. The first-order valence-electron chi connectivity index (χ1n) is 5.46. The summed E-state index contributed by atoms with van der Waals surface area (Å²) in [7, 11) is 3.49. The van der Waals surface area contributed by atoms with Gasteiger partial charge in [0.15, 0.2) is 11.6 Å². The fourth-order valence-corrected chi connectivity index (χ4v) is 2.09. The van der Waals surface area contributed by atoms with Crippen LogP contribution in [0.5, 0.6) is 0 Å². The maximum atomic E-state index is 11.8. The highest BCUT2D eigenvalue weighted by Gasteiger charge is 2.11. The van der Waals surface area contributed by atoms with Crippen molar-refractivity contribution in [1.82, 2.24) is 14.3 Å². The minimum Gasteiger partial charge on any atom is -0.381 e. The van der Waals surface area contributed by atoms with Crippen LogP contribution in [0, 0.1) is 0 Å². The van der Waals surface area contributed by atoms with Crippen LogP contribution in [-0.2, 0) is 14.1 Å². The van der Waals surface area contributed by atoms with Crippen LogP contribution in [-0.4, -0.2) is 14.3 Å². The monoisotopic (exact) mass is 244 g/mol. The number of imidazole rings is 1. The molecule has 0 saturated carbocycles. The largest absolute Gasteiger partial charge is 0.381 e. The molecule has 1 aromatic carbocycles. The van der Waals surface area contributed by atoms with Crippen LogP contribution >= 0.6 is 0 Å². The van der Waals surface area contributed by atoms with E-state index in [2.05, 4.69) is 5.16 Å². The highest BCUT2D eigenvalue weighted by Crippen LogP contribution is 2.24. The lowest BCUT2D eigenvalue weighted by molar-refractivity contribution is 0.436. The zero-order chi connectivity index (χ0) is 12.9. The predicted molar refractivity (Wildman–Crippen MR) is 68.1 cm³/mol. The second-order valence-electron chi connectivity index (χ2n) is 4.22. The van der Waals surface area contributed by atoms with Gasteiger partial charge in [-0.05, 0) is 18.2 Å². The summed E-state index contributed by atoms with van der Waals surface area (Å²) in [5.41, 5.74) is 8.02. The Balaban J connectivity index is 2.29. The summed E-state index contributed by atoms with van der Waals surface area (Å²) in [6.45, 7) is 0. The SMILES string of the molecule is Cn1c(=O)n(C)c2cc(-c3cc(N)no3)ccc21. The van der Waals surface area contributed by atoms with Crippen LogP contribution in [0.1, 0.15) is 0 Å². The topological polar surface area (TPSA) is 79.0 Å². The molecule has 0 aliphatic rings. The Morgan fingerprint density at radius 1 is 1.17 bits per heavy atom. The van der Waals surface area contributed by atoms with Gasteiger partial charge in [0, 0.05) is 25.7 Å². The van der Waals surface area contributed by atoms with Crippen LogP contribution in [0.3, 0.4) is 0 Å². The minimum atomic E-state index is -0.0563. The number of hydrogen-bond donors (Lipinski definition) is 1. The zero-order valence-electron chi connectivity index (χ0n) is 10.0. The molecule has 3 aromatic rings. The number of nitrogens with zero attached hydrogens (tertiary/aromatic N) is 3. The molecule has 0 atom stereocenters. The van der Waals surface area contributed by atoms with Crippen LogP contribution < -0.4 is 11.4 Å². The number of rotatable bonds is 1. The summed E-state index contributed by atoms with van der Waals surface area (Å²) in [5.74, 6) is 0.928. The van der Waals surface area contributed by atoms with Gasteiger partial charge < -0.3 is 10.3 Å². The van der Waals surface area contributed by atoms with Crippen molar-refractivity contribution >= 4 is 16.9 Å². The smallest absolute Gasteiger partial charge is 0.328 e. The van der Waals surface area contributed by atoms with Crippen LogP contribution in [0.15, 0.2) is 33.6 Å². The van der Waals surface area contributed by atoms with Crippen LogP contribution in [0.4, 0.5) is 5.82 Å². The second-order valence-corrected chi connectivity index (χ2v) is 4.22. The van der Waals surface area contributed by atoms with Gasteiger partial charge >= 0.3 is 5.69 Å². The third-order valence-corrected chi connectivity index (χ3v) is 3.08. The molecule has 18 heavy (non-hydrogen) atoms. The summed E-state index contributed by atoms with van der Waals surface area (Å²) in [6.07, 6.45) is 0. The van der Waals surface area contributed by atoms with Crippen molar-refractivity contribution in [3.05, 3.63) is 34.7 Å². The molecule has 0 radical (unpaired) electrons. The number of hydrogen-bond acceptors (Lipinski definition) is 4.